The maximum absolute atomic E-state index is 13.9. The highest BCUT2D eigenvalue weighted by Gasteiger charge is 2.32. The zero-order valence-electron chi connectivity index (χ0n) is 21.3. The lowest BCUT2D eigenvalue weighted by Crippen LogP contribution is -2.45. The first-order valence-electron chi connectivity index (χ1n) is 13.0. The van der Waals surface area contributed by atoms with Crippen molar-refractivity contribution in [2.24, 2.45) is 5.92 Å². The molecule has 0 saturated heterocycles. The van der Waals surface area contributed by atoms with Crippen LogP contribution in [0.3, 0.4) is 0 Å². The van der Waals surface area contributed by atoms with Crippen LogP contribution in [0.4, 0.5) is 0 Å². The van der Waals surface area contributed by atoms with Crippen LogP contribution in [0.25, 0.3) is 11.0 Å². The molecule has 190 valence electrons. The van der Waals surface area contributed by atoms with Crippen LogP contribution in [0.2, 0.25) is 0 Å². The van der Waals surface area contributed by atoms with E-state index in [2.05, 4.69) is 40.5 Å². The van der Waals surface area contributed by atoms with Gasteiger partial charge in [0.2, 0.25) is 11.8 Å². The number of benzene rings is 1. The Labute approximate surface area is 212 Å². The number of carbonyl (C=O) groups excluding carboxylic acids is 2. The predicted molar refractivity (Wildman–Crippen MR) is 140 cm³/mol. The number of nitrogens with zero attached hydrogens (tertiary/aromatic N) is 5. The highest BCUT2D eigenvalue weighted by Crippen LogP contribution is 2.26. The van der Waals surface area contributed by atoms with E-state index in [4.69, 9.17) is 0 Å². The smallest absolute Gasteiger partial charge is 0.247 e. The van der Waals surface area contributed by atoms with Crippen LogP contribution in [0.5, 0.6) is 0 Å². The van der Waals surface area contributed by atoms with Crippen LogP contribution < -0.4 is 5.32 Å². The van der Waals surface area contributed by atoms with Crippen molar-refractivity contribution in [3.8, 4) is 0 Å². The second-order valence-electron chi connectivity index (χ2n) is 9.84. The van der Waals surface area contributed by atoms with Gasteiger partial charge in [-0.3, -0.25) is 14.6 Å². The van der Waals surface area contributed by atoms with E-state index < -0.39 is 6.04 Å². The van der Waals surface area contributed by atoms with Gasteiger partial charge in [0.05, 0.1) is 5.52 Å². The van der Waals surface area contributed by atoms with Crippen molar-refractivity contribution in [2.75, 3.05) is 13.1 Å². The lowest BCUT2D eigenvalue weighted by molar-refractivity contribution is -0.141. The van der Waals surface area contributed by atoms with E-state index in [-0.39, 0.29) is 18.4 Å². The first kappa shape index (κ1) is 25.5. The standard InChI is InChI=1S/C28H36N6O2/c1-21(2)12-18-30-28(36)27(23-13-16-29-17-14-23)33(19-15-22-8-4-3-5-9-22)26(35)20-34-25-11-7-6-10-24(25)31-32-34/h6-8,10-11,13-14,16-17,21,27H,3-5,9,12,15,18-20H2,1-2H3,(H,30,36)/t27-/m0/s1. The Balaban J connectivity index is 1.62. The molecule has 0 bridgehead atoms. The van der Waals surface area contributed by atoms with E-state index >= 15 is 0 Å². The SMILES string of the molecule is CC(C)CCNC(=O)[C@H](c1ccncc1)N(CCC1=CCCCC1)C(=O)Cn1nnc2ccccc21. The fourth-order valence-electron chi connectivity index (χ4n) is 4.65. The Morgan fingerprint density at radius 2 is 1.92 bits per heavy atom. The highest BCUT2D eigenvalue weighted by molar-refractivity contribution is 5.89. The molecule has 1 atom stereocenters. The highest BCUT2D eigenvalue weighted by atomic mass is 16.2. The molecule has 0 spiro atoms. The summed E-state index contributed by atoms with van der Waals surface area (Å²) in [5.74, 6) is 0.139. The number of aromatic nitrogens is 4. The second kappa shape index (κ2) is 12.4. The van der Waals surface area contributed by atoms with E-state index in [1.165, 1.54) is 18.4 Å². The molecule has 0 aliphatic heterocycles. The zero-order valence-corrected chi connectivity index (χ0v) is 21.3. The van der Waals surface area contributed by atoms with Gasteiger partial charge < -0.3 is 10.2 Å². The summed E-state index contributed by atoms with van der Waals surface area (Å²) in [6.45, 7) is 5.30. The van der Waals surface area contributed by atoms with Gasteiger partial charge in [0.15, 0.2) is 0 Å². The third-order valence-electron chi connectivity index (χ3n) is 6.69. The number of nitrogens with one attached hydrogen (secondary N) is 1. The Hall–Kier alpha value is -3.55. The minimum atomic E-state index is -0.744. The molecule has 1 N–H and O–H groups in total. The fraction of sp³-hybridized carbons (Fsp3) is 0.464. The van der Waals surface area contributed by atoms with Crippen LogP contribution in [-0.4, -0.2) is 49.8 Å². The van der Waals surface area contributed by atoms with Crippen molar-refractivity contribution in [3.63, 3.8) is 0 Å². The van der Waals surface area contributed by atoms with Crippen molar-refractivity contribution in [2.45, 2.75) is 65.0 Å². The Morgan fingerprint density at radius 3 is 2.67 bits per heavy atom. The van der Waals surface area contributed by atoms with Gasteiger partial charge >= 0.3 is 0 Å². The Kier molecular flexibility index (Phi) is 8.81. The average Bonchev–Trinajstić information content (AvgIpc) is 3.30. The molecule has 8 nitrogen and oxygen atoms in total. The molecule has 2 heterocycles. The molecular formula is C28H36N6O2. The molecule has 0 fully saturated rings. The summed E-state index contributed by atoms with van der Waals surface area (Å²) in [5.41, 5.74) is 3.64. The molecular weight excluding hydrogens is 452 g/mol. The third-order valence-corrected chi connectivity index (χ3v) is 6.69. The third kappa shape index (κ3) is 6.56. The molecule has 4 rings (SSSR count). The first-order valence-corrected chi connectivity index (χ1v) is 13.0. The normalized spacial score (nSPS) is 14.5. The number of para-hydroxylation sites is 1. The first-order chi connectivity index (χ1) is 17.5. The quantitative estimate of drug-likeness (QED) is 0.403. The molecule has 3 aromatic rings. The molecule has 0 radical (unpaired) electrons. The van der Waals surface area contributed by atoms with E-state index in [1.807, 2.05) is 36.4 Å². The number of rotatable bonds is 11. The van der Waals surface area contributed by atoms with E-state index in [0.717, 1.165) is 42.3 Å². The van der Waals surface area contributed by atoms with Crippen molar-refractivity contribution < 1.29 is 9.59 Å². The number of hydrogen-bond acceptors (Lipinski definition) is 5. The minimum Gasteiger partial charge on any atom is -0.354 e. The average molecular weight is 489 g/mol. The monoisotopic (exact) mass is 488 g/mol. The summed E-state index contributed by atoms with van der Waals surface area (Å²) in [6.07, 6.45) is 11.8. The van der Waals surface area contributed by atoms with Crippen LogP contribution >= 0.6 is 0 Å². The van der Waals surface area contributed by atoms with Gasteiger partial charge in [-0.1, -0.05) is 42.8 Å². The number of pyridine rings is 1. The summed E-state index contributed by atoms with van der Waals surface area (Å²) in [4.78, 5) is 33.3. The Bertz CT molecular complexity index is 1190. The lowest BCUT2D eigenvalue weighted by Gasteiger charge is -2.32. The molecule has 1 aromatic carbocycles. The van der Waals surface area contributed by atoms with Crippen LogP contribution in [0.15, 0.2) is 60.4 Å². The molecule has 36 heavy (non-hydrogen) atoms. The van der Waals surface area contributed by atoms with Gasteiger partial charge in [-0.15, -0.1) is 5.10 Å². The molecule has 1 aliphatic rings. The number of hydrogen-bond donors (Lipinski definition) is 1. The number of allylic oxidation sites excluding steroid dienone is 1. The van der Waals surface area contributed by atoms with E-state index in [1.54, 1.807) is 22.0 Å². The van der Waals surface area contributed by atoms with Gasteiger partial charge in [-0.2, -0.15) is 0 Å². The van der Waals surface area contributed by atoms with E-state index in [9.17, 15) is 9.59 Å². The molecule has 0 saturated carbocycles. The van der Waals surface area contributed by atoms with Crippen LogP contribution in [-0.2, 0) is 16.1 Å². The molecule has 8 heteroatoms. The van der Waals surface area contributed by atoms with Crippen molar-refractivity contribution in [1.82, 2.24) is 30.2 Å². The number of amides is 2. The molecule has 2 aromatic heterocycles. The Morgan fingerprint density at radius 1 is 1.11 bits per heavy atom. The van der Waals surface area contributed by atoms with E-state index in [0.29, 0.717) is 19.0 Å². The van der Waals surface area contributed by atoms with Crippen LogP contribution in [0, 0.1) is 5.92 Å². The summed E-state index contributed by atoms with van der Waals surface area (Å²) in [5, 5.41) is 11.5. The molecule has 2 amide bonds. The van der Waals surface area contributed by atoms with Gasteiger partial charge in [-0.25, -0.2) is 4.68 Å². The maximum atomic E-state index is 13.9. The maximum Gasteiger partial charge on any atom is 0.247 e. The zero-order chi connectivity index (χ0) is 25.3. The summed E-state index contributed by atoms with van der Waals surface area (Å²) < 4.78 is 1.62. The lowest BCUT2D eigenvalue weighted by atomic mass is 9.96. The van der Waals surface area contributed by atoms with Crippen molar-refractivity contribution in [1.29, 1.82) is 0 Å². The van der Waals surface area contributed by atoms with Crippen LogP contribution in [0.1, 0.15) is 64.0 Å². The number of fused-ring (bicyclic) bond motifs is 1. The molecule has 1 aliphatic carbocycles. The summed E-state index contributed by atoms with van der Waals surface area (Å²) >= 11 is 0. The predicted octanol–water partition coefficient (Wildman–Crippen LogP) is 4.45. The number of carbonyl (C=O) groups is 2. The fourth-order valence-corrected chi connectivity index (χ4v) is 4.65. The van der Waals surface area contributed by atoms with Crippen molar-refractivity contribution >= 4 is 22.8 Å². The van der Waals surface area contributed by atoms with Gasteiger partial charge in [0, 0.05) is 25.5 Å². The summed E-state index contributed by atoms with van der Waals surface area (Å²) in [7, 11) is 0. The topological polar surface area (TPSA) is 93.0 Å². The van der Waals surface area contributed by atoms with Crippen molar-refractivity contribution in [3.05, 3.63) is 66.0 Å². The summed E-state index contributed by atoms with van der Waals surface area (Å²) in [6, 6.07) is 10.5. The second-order valence-corrected chi connectivity index (χ2v) is 9.84. The molecule has 0 unspecified atom stereocenters. The van der Waals surface area contributed by atoms with Gasteiger partial charge in [0.25, 0.3) is 0 Å². The minimum absolute atomic E-state index is 0.0143. The van der Waals surface area contributed by atoms with Gasteiger partial charge in [-0.05, 0) is 74.3 Å². The largest absolute Gasteiger partial charge is 0.354 e. The van der Waals surface area contributed by atoms with Gasteiger partial charge in [0.1, 0.15) is 18.1 Å².